The molecule has 1 aliphatic rings. The minimum absolute atomic E-state index is 0.0275. The number of nitrogens with zero attached hydrogens (tertiary/aromatic N) is 2. The Hall–Kier alpha value is -3.86. The second-order valence-corrected chi connectivity index (χ2v) is 8.38. The van der Waals surface area contributed by atoms with Crippen LogP contribution in [-0.4, -0.2) is 34.6 Å². The van der Waals surface area contributed by atoms with E-state index < -0.39 is 0 Å². The van der Waals surface area contributed by atoms with Crippen LogP contribution in [0.3, 0.4) is 0 Å². The van der Waals surface area contributed by atoms with Crippen LogP contribution >= 0.6 is 0 Å². The molecule has 0 bridgehead atoms. The predicted octanol–water partition coefficient (Wildman–Crippen LogP) is 6.07. The number of amides is 1. The fourth-order valence-electron chi connectivity index (χ4n) is 4.83. The molecule has 0 spiro atoms. The lowest BCUT2D eigenvalue weighted by Crippen LogP contribution is -2.32. The summed E-state index contributed by atoms with van der Waals surface area (Å²) in [6, 6.07) is 24.4. The summed E-state index contributed by atoms with van der Waals surface area (Å²) in [6.07, 6.45) is 1.48. The zero-order valence-corrected chi connectivity index (χ0v) is 18.8. The zero-order valence-electron chi connectivity index (χ0n) is 18.8. The molecule has 1 heterocycles. The molecule has 0 saturated heterocycles. The number of hydrogen-bond donors (Lipinski definition) is 0. The minimum atomic E-state index is -0.348. The largest absolute Gasteiger partial charge is 0.448 e. The summed E-state index contributed by atoms with van der Waals surface area (Å²) in [7, 11) is 0. The zero-order chi connectivity index (χ0) is 22.9. The maximum atomic E-state index is 13.1. The van der Waals surface area contributed by atoms with Gasteiger partial charge in [0.05, 0.1) is 12.1 Å². The van der Waals surface area contributed by atoms with Crippen LogP contribution in [0.4, 0.5) is 4.79 Å². The molecule has 5 rings (SSSR count). The van der Waals surface area contributed by atoms with Gasteiger partial charge in [-0.2, -0.15) is 0 Å². The first-order chi connectivity index (χ1) is 16.1. The molecular weight excluding hydrogens is 412 g/mol. The quantitative estimate of drug-likeness (QED) is 0.380. The van der Waals surface area contributed by atoms with Crippen LogP contribution in [0.5, 0.6) is 0 Å². The second kappa shape index (κ2) is 8.58. The smallest absolute Gasteiger partial charge is 0.410 e. The van der Waals surface area contributed by atoms with Crippen molar-refractivity contribution in [2.24, 2.45) is 0 Å². The molecule has 33 heavy (non-hydrogen) atoms. The lowest BCUT2D eigenvalue weighted by atomic mass is 9.98. The van der Waals surface area contributed by atoms with Gasteiger partial charge in [0, 0.05) is 31.0 Å². The monoisotopic (exact) mass is 438 g/mol. The molecule has 0 unspecified atom stereocenters. The average molecular weight is 439 g/mol. The Morgan fingerprint density at radius 1 is 0.909 bits per heavy atom. The first-order valence-electron chi connectivity index (χ1n) is 11.3. The number of carbonyl (C=O) groups excluding carboxylic acids is 2. The highest BCUT2D eigenvalue weighted by atomic mass is 16.6. The molecule has 0 atom stereocenters. The third-order valence-corrected chi connectivity index (χ3v) is 6.47. The normalized spacial score (nSPS) is 12.4. The molecule has 166 valence electrons. The molecule has 0 N–H and O–H groups in total. The van der Waals surface area contributed by atoms with Crippen LogP contribution in [0.2, 0.25) is 0 Å². The highest BCUT2D eigenvalue weighted by molar-refractivity contribution is 5.93. The van der Waals surface area contributed by atoms with Gasteiger partial charge in [0.1, 0.15) is 6.61 Å². The molecule has 5 nitrogen and oxygen atoms in total. The van der Waals surface area contributed by atoms with Crippen molar-refractivity contribution in [2.75, 3.05) is 13.2 Å². The van der Waals surface area contributed by atoms with Crippen LogP contribution in [-0.2, 0) is 11.3 Å². The molecule has 4 aromatic rings. The Labute approximate surface area is 193 Å². The summed E-state index contributed by atoms with van der Waals surface area (Å²) in [6.45, 7) is 4.66. The second-order valence-electron chi connectivity index (χ2n) is 8.38. The van der Waals surface area contributed by atoms with Crippen LogP contribution in [0.1, 0.15) is 41.3 Å². The number of para-hydroxylation sites is 1. The summed E-state index contributed by atoms with van der Waals surface area (Å²) < 4.78 is 7.48. The number of aromatic nitrogens is 1. The van der Waals surface area contributed by atoms with Crippen molar-refractivity contribution < 1.29 is 14.3 Å². The molecular formula is C28H26N2O3. The summed E-state index contributed by atoms with van der Waals surface area (Å²) in [5.41, 5.74) is 6.58. The van der Waals surface area contributed by atoms with E-state index in [0.29, 0.717) is 19.7 Å². The van der Waals surface area contributed by atoms with Gasteiger partial charge in [0.25, 0.3) is 0 Å². The van der Waals surface area contributed by atoms with Gasteiger partial charge in [-0.15, -0.1) is 0 Å². The third-order valence-electron chi connectivity index (χ3n) is 6.47. The van der Waals surface area contributed by atoms with Crippen LogP contribution in [0, 0.1) is 0 Å². The molecule has 1 aromatic heterocycles. The number of benzene rings is 3. The van der Waals surface area contributed by atoms with Crippen LogP contribution in [0.25, 0.3) is 22.0 Å². The standard InChI is InChI=1S/C28H26N2O3/c1-3-29(16-20-17-30(19(2)31)27-15-9-8-10-21(20)27)28(32)33-18-26-24-13-6-4-11-22(24)23-12-5-7-14-25(23)26/h4-15,17,26H,3,16,18H2,1-2H3. The fourth-order valence-corrected chi connectivity index (χ4v) is 4.83. The minimum Gasteiger partial charge on any atom is -0.448 e. The summed E-state index contributed by atoms with van der Waals surface area (Å²) in [4.78, 5) is 26.8. The van der Waals surface area contributed by atoms with E-state index in [0.717, 1.165) is 16.5 Å². The van der Waals surface area contributed by atoms with Gasteiger partial charge in [-0.25, -0.2) is 4.79 Å². The highest BCUT2D eigenvalue weighted by Crippen LogP contribution is 2.44. The summed E-state index contributed by atoms with van der Waals surface area (Å²) in [5, 5.41) is 0.970. The van der Waals surface area contributed by atoms with Gasteiger partial charge >= 0.3 is 6.09 Å². The Balaban J connectivity index is 1.35. The lowest BCUT2D eigenvalue weighted by molar-refractivity contribution is 0.0941. The molecule has 0 saturated carbocycles. The van der Waals surface area contributed by atoms with E-state index in [1.165, 1.54) is 22.3 Å². The van der Waals surface area contributed by atoms with Crippen LogP contribution in [0.15, 0.2) is 79.0 Å². The Morgan fingerprint density at radius 3 is 2.15 bits per heavy atom. The van der Waals surface area contributed by atoms with Crippen LogP contribution < -0.4 is 0 Å². The number of rotatable bonds is 5. The topological polar surface area (TPSA) is 51.5 Å². The van der Waals surface area contributed by atoms with E-state index in [2.05, 4.69) is 24.3 Å². The number of ether oxygens (including phenoxy) is 1. The van der Waals surface area contributed by atoms with Gasteiger partial charge in [0.15, 0.2) is 0 Å². The predicted molar refractivity (Wildman–Crippen MR) is 129 cm³/mol. The van der Waals surface area contributed by atoms with Gasteiger partial charge in [-0.3, -0.25) is 9.36 Å². The summed E-state index contributed by atoms with van der Waals surface area (Å²) >= 11 is 0. The fraction of sp³-hybridized carbons (Fsp3) is 0.214. The molecule has 1 aliphatic carbocycles. The van der Waals surface area contributed by atoms with Gasteiger partial charge < -0.3 is 9.64 Å². The van der Waals surface area contributed by atoms with Gasteiger partial charge in [0.2, 0.25) is 5.91 Å². The van der Waals surface area contributed by atoms with Crippen molar-refractivity contribution in [3.63, 3.8) is 0 Å². The Bertz CT molecular complexity index is 1310. The van der Waals surface area contributed by atoms with Crippen molar-refractivity contribution in [2.45, 2.75) is 26.3 Å². The van der Waals surface area contributed by atoms with Crippen molar-refractivity contribution in [1.29, 1.82) is 0 Å². The molecule has 0 aliphatic heterocycles. The van der Waals surface area contributed by atoms with E-state index in [1.807, 2.05) is 61.7 Å². The highest BCUT2D eigenvalue weighted by Gasteiger charge is 2.29. The average Bonchev–Trinajstić information content (AvgIpc) is 3.37. The van der Waals surface area contributed by atoms with Crippen molar-refractivity contribution in [3.05, 3.63) is 95.7 Å². The number of hydrogen-bond acceptors (Lipinski definition) is 3. The van der Waals surface area contributed by atoms with Gasteiger partial charge in [-0.05, 0) is 40.8 Å². The summed E-state index contributed by atoms with van der Waals surface area (Å²) in [5.74, 6) is -0.0266. The van der Waals surface area contributed by atoms with Crippen molar-refractivity contribution >= 4 is 22.9 Å². The Morgan fingerprint density at radius 2 is 1.52 bits per heavy atom. The SMILES string of the molecule is CCN(Cc1cn(C(C)=O)c2ccccc12)C(=O)OCC1c2ccccc2-c2ccccc21. The Kier molecular flexibility index (Phi) is 5.47. The van der Waals surface area contributed by atoms with Gasteiger partial charge in [-0.1, -0.05) is 66.7 Å². The molecule has 5 heteroatoms. The first kappa shape index (κ1) is 21.0. The van der Waals surface area contributed by atoms with E-state index in [9.17, 15) is 9.59 Å². The van der Waals surface area contributed by atoms with E-state index in [4.69, 9.17) is 4.74 Å². The molecule has 0 fully saturated rings. The molecule has 0 radical (unpaired) electrons. The van der Waals surface area contributed by atoms with Crippen molar-refractivity contribution in [1.82, 2.24) is 9.47 Å². The number of carbonyl (C=O) groups is 2. The molecule has 3 aromatic carbocycles. The van der Waals surface area contributed by atoms with E-state index in [-0.39, 0.29) is 17.9 Å². The third kappa shape index (κ3) is 3.69. The lowest BCUT2D eigenvalue weighted by Gasteiger charge is -2.22. The maximum absolute atomic E-state index is 13.1. The van der Waals surface area contributed by atoms with E-state index in [1.54, 1.807) is 16.4 Å². The van der Waals surface area contributed by atoms with Crippen molar-refractivity contribution in [3.8, 4) is 11.1 Å². The van der Waals surface area contributed by atoms with E-state index >= 15 is 0 Å². The molecule has 1 amide bonds. The number of fused-ring (bicyclic) bond motifs is 4. The first-order valence-corrected chi connectivity index (χ1v) is 11.3. The maximum Gasteiger partial charge on any atom is 0.410 e.